The van der Waals surface area contributed by atoms with Gasteiger partial charge in [-0.2, -0.15) is 0 Å². The van der Waals surface area contributed by atoms with E-state index in [9.17, 15) is 4.79 Å². The first kappa shape index (κ1) is 16.8. The van der Waals surface area contributed by atoms with Crippen LogP contribution in [0.1, 0.15) is 10.4 Å². The van der Waals surface area contributed by atoms with Gasteiger partial charge in [0.05, 0.1) is 24.4 Å². The van der Waals surface area contributed by atoms with E-state index in [1.807, 2.05) is 30.3 Å². The Bertz CT molecular complexity index is 642. The molecule has 0 bridgehead atoms. The number of carbonyl (C=O) groups excluding carboxylic acids is 1. The molecule has 0 fully saturated rings. The number of rotatable bonds is 7. The van der Waals surface area contributed by atoms with Crippen molar-refractivity contribution in [3.8, 4) is 11.5 Å². The quantitative estimate of drug-likeness (QED) is 0.796. The van der Waals surface area contributed by atoms with E-state index >= 15 is 0 Å². The standard InChI is InChI=1S/C16H18BrNO3S/c1-20-13-5-3-11(9-14(13)21-2)7-8-18-16(19)10-12-4-6-15(17)22-12/h3-6,9H,7-8,10H2,1-2H3,(H,18,19). The molecule has 4 nitrogen and oxygen atoms in total. The third-order valence-corrected chi connectivity index (χ3v) is 4.77. The molecule has 0 aliphatic carbocycles. The molecular weight excluding hydrogens is 366 g/mol. The van der Waals surface area contributed by atoms with Gasteiger partial charge in [-0.3, -0.25) is 4.79 Å². The van der Waals surface area contributed by atoms with Crippen molar-refractivity contribution in [1.29, 1.82) is 0 Å². The van der Waals surface area contributed by atoms with Crippen LogP contribution >= 0.6 is 27.3 Å². The molecule has 2 aromatic rings. The first-order valence-electron chi connectivity index (χ1n) is 6.84. The zero-order chi connectivity index (χ0) is 15.9. The lowest BCUT2D eigenvalue weighted by molar-refractivity contribution is -0.120. The minimum atomic E-state index is 0.0369. The van der Waals surface area contributed by atoms with E-state index in [-0.39, 0.29) is 5.91 Å². The van der Waals surface area contributed by atoms with E-state index in [0.29, 0.717) is 24.5 Å². The third kappa shape index (κ3) is 4.74. The highest BCUT2D eigenvalue weighted by molar-refractivity contribution is 9.11. The summed E-state index contributed by atoms with van der Waals surface area (Å²) in [6, 6.07) is 9.70. The van der Waals surface area contributed by atoms with Crippen molar-refractivity contribution >= 4 is 33.2 Å². The van der Waals surface area contributed by atoms with Gasteiger partial charge in [0.15, 0.2) is 11.5 Å². The van der Waals surface area contributed by atoms with Crippen LogP contribution in [-0.4, -0.2) is 26.7 Å². The van der Waals surface area contributed by atoms with E-state index in [1.165, 1.54) is 0 Å². The Labute approximate surface area is 142 Å². The maximum absolute atomic E-state index is 11.9. The molecule has 1 heterocycles. The van der Waals surface area contributed by atoms with Crippen molar-refractivity contribution < 1.29 is 14.3 Å². The van der Waals surface area contributed by atoms with Crippen molar-refractivity contribution in [3.63, 3.8) is 0 Å². The molecule has 0 saturated heterocycles. The van der Waals surface area contributed by atoms with Crippen LogP contribution in [0.3, 0.4) is 0 Å². The van der Waals surface area contributed by atoms with Crippen molar-refractivity contribution in [1.82, 2.24) is 5.32 Å². The molecule has 0 aliphatic heterocycles. The summed E-state index contributed by atoms with van der Waals surface area (Å²) >= 11 is 4.98. The molecule has 1 aromatic carbocycles. The van der Waals surface area contributed by atoms with Gasteiger partial charge in [-0.05, 0) is 52.2 Å². The monoisotopic (exact) mass is 383 g/mol. The van der Waals surface area contributed by atoms with Gasteiger partial charge in [0.1, 0.15) is 0 Å². The van der Waals surface area contributed by atoms with Gasteiger partial charge in [0.25, 0.3) is 0 Å². The minimum absolute atomic E-state index is 0.0369. The van der Waals surface area contributed by atoms with Gasteiger partial charge in [-0.1, -0.05) is 6.07 Å². The highest BCUT2D eigenvalue weighted by Crippen LogP contribution is 2.27. The van der Waals surface area contributed by atoms with Crippen molar-refractivity contribution in [2.24, 2.45) is 0 Å². The second kappa shape index (κ2) is 8.19. The number of halogens is 1. The molecule has 1 N–H and O–H groups in total. The molecule has 1 aromatic heterocycles. The lowest BCUT2D eigenvalue weighted by atomic mass is 10.1. The molecule has 2 rings (SSSR count). The molecule has 0 radical (unpaired) electrons. The Morgan fingerprint density at radius 2 is 1.95 bits per heavy atom. The molecule has 0 atom stereocenters. The van der Waals surface area contributed by atoms with Crippen LogP contribution < -0.4 is 14.8 Å². The number of carbonyl (C=O) groups is 1. The lowest BCUT2D eigenvalue weighted by Gasteiger charge is -2.10. The Morgan fingerprint density at radius 1 is 1.18 bits per heavy atom. The van der Waals surface area contributed by atoms with Gasteiger partial charge in [-0.15, -0.1) is 11.3 Å². The lowest BCUT2D eigenvalue weighted by Crippen LogP contribution is -2.26. The van der Waals surface area contributed by atoms with Crippen LogP contribution in [0.15, 0.2) is 34.1 Å². The second-order valence-electron chi connectivity index (χ2n) is 4.67. The van der Waals surface area contributed by atoms with Gasteiger partial charge < -0.3 is 14.8 Å². The maximum atomic E-state index is 11.9. The average Bonchev–Trinajstić information content (AvgIpc) is 2.92. The van der Waals surface area contributed by atoms with Gasteiger partial charge >= 0.3 is 0 Å². The van der Waals surface area contributed by atoms with Crippen LogP contribution in [0.25, 0.3) is 0 Å². The normalized spacial score (nSPS) is 10.3. The fourth-order valence-corrected chi connectivity index (χ4v) is 3.53. The highest BCUT2D eigenvalue weighted by Gasteiger charge is 2.07. The smallest absolute Gasteiger partial charge is 0.225 e. The Balaban J connectivity index is 1.82. The number of hydrogen-bond acceptors (Lipinski definition) is 4. The molecule has 6 heteroatoms. The largest absolute Gasteiger partial charge is 0.493 e. The molecule has 118 valence electrons. The molecule has 22 heavy (non-hydrogen) atoms. The van der Waals surface area contributed by atoms with E-state index in [1.54, 1.807) is 25.6 Å². The van der Waals surface area contributed by atoms with Crippen LogP contribution in [0.5, 0.6) is 11.5 Å². The predicted molar refractivity (Wildman–Crippen MR) is 92.0 cm³/mol. The molecule has 0 saturated carbocycles. The number of benzene rings is 1. The number of methoxy groups -OCH3 is 2. The number of nitrogens with one attached hydrogen (secondary N) is 1. The van der Waals surface area contributed by atoms with Crippen molar-refractivity contribution in [2.45, 2.75) is 12.8 Å². The number of thiophene rings is 1. The van der Waals surface area contributed by atoms with Gasteiger partial charge in [0.2, 0.25) is 5.91 Å². The first-order valence-corrected chi connectivity index (χ1v) is 8.45. The number of ether oxygens (including phenoxy) is 2. The van der Waals surface area contributed by atoms with Crippen molar-refractivity contribution in [3.05, 3.63) is 44.6 Å². The van der Waals surface area contributed by atoms with Crippen LogP contribution in [0.4, 0.5) is 0 Å². The summed E-state index contributed by atoms with van der Waals surface area (Å²) < 4.78 is 11.5. The zero-order valence-corrected chi connectivity index (χ0v) is 14.9. The zero-order valence-electron chi connectivity index (χ0n) is 12.5. The number of amides is 1. The molecular formula is C16H18BrNO3S. The fraction of sp³-hybridized carbons (Fsp3) is 0.312. The predicted octanol–water partition coefficient (Wildman–Crippen LogP) is 3.43. The van der Waals surface area contributed by atoms with E-state index in [0.717, 1.165) is 20.6 Å². The summed E-state index contributed by atoms with van der Waals surface area (Å²) in [5.74, 6) is 1.45. The summed E-state index contributed by atoms with van der Waals surface area (Å²) in [6.07, 6.45) is 1.17. The summed E-state index contributed by atoms with van der Waals surface area (Å²) in [4.78, 5) is 12.9. The summed E-state index contributed by atoms with van der Waals surface area (Å²) in [5.41, 5.74) is 1.09. The molecule has 0 aliphatic rings. The first-order chi connectivity index (χ1) is 10.6. The Kier molecular flexibility index (Phi) is 6.27. The molecule has 1 amide bonds. The van der Waals surface area contributed by atoms with Gasteiger partial charge in [0, 0.05) is 11.4 Å². The van der Waals surface area contributed by atoms with Crippen LogP contribution in [-0.2, 0) is 17.6 Å². The topological polar surface area (TPSA) is 47.6 Å². The number of hydrogen-bond donors (Lipinski definition) is 1. The maximum Gasteiger partial charge on any atom is 0.225 e. The van der Waals surface area contributed by atoms with E-state index < -0.39 is 0 Å². The van der Waals surface area contributed by atoms with Crippen molar-refractivity contribution in [2.75, 3.05) is 20.8 Å². The SMILES string of the molecule is COc1ccc(CCNC(=O)Cc2ccc(Br)s2)cc1OC. The minimum Gasteiger partial charge on any atom is -0.493 e. The van der Waals surface area contributed by atoms with E-state index in [2.05, 4.69) is 21.2 Å². The third-order valence-electron chi connectivity index (χ3n) is 3.15. The van der Waals surface area contributed by atoms with E-state index in [4.69, 9.17) is 9.47 Å². The van der Waals surface area contributed by atoms with Gasteiger partial charge in [-0.25, -0.2) is 0 Å². The average molecular weight is 384 g/mol. The summed E-state index contributed by atoms with van der Waals surface area (Å²) in [7, 11) is 3.23. The molecule has 0 unspecified atom stereocenters. The van der Waals surface area contributed by atoms with Crippen LogP contribution in [0.2, 0.25) is 0 Å². The highest BCUT2D eigenvalue weighted by atomic mass is 79.9. The summed E-state index contributed by atoms with van der Waals surface area (Å²) in [5, 5.41) is 2.94. The van der Waals surface area contributed by atoms with Crippen LogP contribution in [0, 0.1) is 0 Å². The fourth-order valence-electron chi connectivity index (χ4n) is 2.05. The second-order valence-corrected chi connectivity index (χ2v) is 7.22. The Hall–Kier alpha value is -1.53. The summed E-state index contributed by atoms with van der Waals surface area (Å²) in [6.45, 7) is 0.598. The Morgan fingerprint density at radius 3 is 2.59 bits per heavy atom. The molecule has 0 spiro atoms.